The maximum absolute atomic E-state index is 6.06. The molecule has 4 heteroatoms. The number of aromatic nitrogens is 3. The lowest BCUT2D eigenvalue weighted by Crippen LogP contribution is -2.18. The first-order chi connectivity index (χ1) is 9.13. The van der Waals surface area contributed by atoms with Crippen LogP contribution in [0.5, 0.6) is 0 Å². The molecule has 0 aromatic carbocycles. The molecule has 102 valence electrons. The summed E-state index contributed by atoms with van der Waals surface area (Å²) in [5.74, 6) is 2.21. The van der Waals surface area contributed by atoms with Crippen LogP contribution in [0.3, 0.4) is 0 Å². The first kappa shape index (κ1) is 12.5. The number of nitrogens with zero attached hydrogens (tertiary/aromatic N) is 3. The van der Waals surface area contributed by atoms with E-state index >= 15 is 0 Å². The Morgan fingerprint density at radius 1 is 1.32 bits per heavy atom. The van der Waals surface area contributed by atoms with E-state index in [0.717, 1.165) is 35.1 Å². The number of nitrogens with two attached hydrogens (primary N) is 1. The summed E-state index contributed by atoms with van der Waals surface area (Å²) in [6.07, 6.45) is 7.16. The third-order valence-electron chi connectivity index (χ3n) is 4.33. The quantitative estimate of drug-likeness (QED) is 0.900. The number of pyridine rings is 1. The van der Waals surface area contributed by atoms with Gasteiger partial charge in [-0.05, 0) is 43.2 Å². The highest BCUT2D eigenvalue weighted by Gasteiger charge is 2.20. The maximum atomic E-state index is 6.06. The topological polar surface area (TPSA) is 56.7 Å². The van der Waals surface area contributed by atoms with E-state index in [1.54, 1.807) is 0 Å². The van der Waals surface area contributed by atoms with Gasteiger partial charge in [-0.15, -0.1) is 0 Å². The number of fused-ring (bicyclic) bond motifs is 1. The van der Waals surface area contributed by atoms with Gasteiger partial charge in [0.1, 0.15) is 5.52 Å². The molecule has 19 heavy (non-hydrogen) atoms. The number of nitrogen functional groups attached to an aromatic ring is 1. The fourth-order valence-corrected chi connectivity index (χ4v) is 3.08. The minimum absolute atomic E-state index is 0.603. The predicted octanol–water partition coefficient (Wildman–Crippen LogP) is 3.15. The molecule has 2 aromatic heterocycles. The van der Waals surface area contributed by atoms with Crippen LogP contribution in [0.2, 0.25) is 0 Å². The molecule has 1 aliphatic rings. The van der Waals surface area contributed by atoms with Gasteiger partial charge in [-0.1, -0.05) is 19.8 Å². The van der Waals surface area contributed by atoms with Gasteiger partial charge in [0.25, 0.3) is 0 Å². The highest BCUT2D eigenvalue weighted by Crippen LogP contribution is 2.30. The van der Waals surface area contributed by atoms with E-state index in [0.29, 0.717) is 5.95 Å². The minimum Gasteiger partial charge on any atom is -0.369 e. The van der Waals surface area contributed by atoms with Crippen LogP contribution in [0.25, 0.3) is 11.2 Å². The second kappa shape index (κ2) is 4.83. The van der Waals surface area contributed by atoms with Crippen LogP contribution in [0.4, 0.5) is 5.95 Å². The van der Waals surface area contributed by atoms with Gasteiger partial charge in [-0.2, -0.15) is 0 Å². The fraction of sp³-hybridized carbons (Fsp3) is 0.600. The van der Waals surface area contributed by atoms with Crippen molar-refractivity contribution in [2.45, 2.75) is 46.1 Å². The molecule has 4 nitrogen and oxygen atoms in total. The summed E-state index contributed by atoms with van der Waals surface area (Å²) in [6, 6.07) is 2.05. The Labute approximate surface area is 114 Å². The van der Waals surface area contributed by atoms with Crippen LogP contribution in [-0.4, -0.2) is 14.5 Å². The molecule has 1 saturated carbocycles. The Bertz CT molecular complexity index is 579. The number of hydrogen-bond acceptors (Lipinski definition) is 3. The largest absolute Gasteiger partial charge is 0.369 e. The van der Waals surface area contributed by atoms with Crippen LogP contribution < -0.4 is 5.73 Å². The zero-order valence-electron chi connectivity index (χ0n) is 11.8. The molecule has 0 saturated heterocycles. The summed E-state index contributed by atoms with van der Waals surface area (Å²) in [5, 5.41) is 0. The van der Waals surface area contributed by atoms with Gasteiger partial charge in [0.15, 0.2) is 5.65 Å². The Morgan fingerprint density at radius 3 is 2.79 bits per heavy atom. The monoisotopic (exact) mass is 258 g/mol. The number of anilines is 1. The average molecular weight is 258 g/mol. The van der Waals surface area contributed by atoms with E-state index in [2.05, 4.69) is 27.5 Å². The first-order valence-corrected chi connectivity index (χ1v) is 7.22. The summed E-state index contributed by atoms with van der Waals surface area (Å²) in [6.45, 7) is 5.34. The van der Waals surface area contributed by atoms with Crippen LogP contribution in [0, 0.1) is 18.8 Å². The van der Waals surface area contributed by atoms with E-state index in [1.165, 1.54) is 25.7 Å². The molecule has 3 rings (SSSR count). The van der Waals surface area contributed by atoms with Gasteiger partial charge in [-0.3, -0.25) is 4.57 Å². The molecular weight excluding hydrogens is 236 g/mol. The number of hydrogen-bond donors (Lipinski definition) is 1. The maximum Gasteiger partial charge on any atom is 0.202 e. The predicted molar refractivity (Wildman–Crippen MR) is 77.8 cm³/mol. The molecule has 2 heterocycles. The van der Waals surface area contributed by atoms with Crippen molar-refractivity contribution in [3.8, 4) is 0 Å². The molecular formula is C15H22N4. The lowest BCUT2D eigenvalue weighted by molar-refractivity contribution is 0.267. The van der Waals surface area contributed by atoms with Crippen molar-refractivity contribution in [2.75, 3.05) is 5.73 Å². The SMILES string of the molecule is Cc1cnc2c(c1)nc(N)n2CC1CCC(C)CC1. The first-order valence-electron chi connectivity index (χ1n) is 7.22. The van der Waals surface area contributed by atoms with Crippen LogP contribution in [-0.2, 0) is 6.54 Å². The number of aryl methyl sites for hydroxylation is 1. The molecule has 0 bridgehead atoms. The molecule has 0 spiro atoms. The third kappa shape index (κ3) is 2.44. The lowest BCUT2D eigenvalue weighted by atomic mass is 9.83. The summed E-state index contributed by atoms with van der Waals surface area (Å²) in [5.41, 5.74) is 9.04. The zero-order chi connectivity index (χ0) is 13.4. The van der Waals surface area contributed by atoms with E-state index in [4.69, 9.17) is 5.73 Å². The second-order valence-corrected chi connectivity index (χ2v) is 6.06. The molecule has 0 amide bonds. The van der Waals surface area contributed by atoms with Crippen molar-refractivity contribution in [2.24, 2.45) is 11.8 Å². The van der Waals surface area contributed by atoms with Crippen LogP contribution >= 0.6 is 0 Å². The van der Waals surface area contributed by atoms with E-state index in [1.807, 2.05) is 13.1 Å². The van der Waals surface area contributed by atoms with Gasteiger partial charge in [-0.25, -0.2) is 9.97 Å². The Hall–Kier alpha value is -1.58. The van der Waals surface area contributed by atoms with E-state index in [-0.39, 0.29) is 0 Å². The standard InChI is InChI=1S/C15H22N4/c1-10-3-5-12(6-4-10)9-19-14-13(18-15(19)16)7-11(2)8-17-14/h7-8,10,12H,3-6,9H2,1-2H3,(H2,16,18). The smallest absolute Gasteiger partial charge is 0.202 e. The van der Waals surface area contributed by atoms with Gasteiger partial charge < -0.3 is 5.73 Å². The zero-order valence-corrected chi connectivity index (χ0v) is 11.8. The highest BCUT2D eigenvalue weighted by molar-refractivity contribution is 5.74. The van der Waals surface area contributed by atoms with Crippen LogP contribution in [0.1, 0.15) is 38.2 Å². The number of imidazole rings is 1. The third-order valence-corrected chi connectivity index (χ3v) is 4.33. The van der Waals surface area contributed by atoms with Crippen molar-refractivity contribution in [3.05, 3.63) is 17.8 Å². The molecule has 0 radical (unpaired) electrons. The molecule has 2 N–H and O–H groups in total. The molecule has 0 aliphatic heterocycles. The fourth-order valence-electron chi connectivity index (χ4n) is 3.08. The number of rotatable bonds is 2. The van der Waals surface area contributed by atoms with Gasteiger partial charge in [0.2, 0.25) is 5.95 Å². The minimum atomic E-state index is 0.603. The van der Waals surface area contributed by atoms with Gasteiger partial charge >= 0.3 is 0 Å². The van der Waals surface area contributed by atoms with Crippen molar-refractivity contribution in [1.82, 2.24) is 14.5 Å². The van der Waals surface area contributed by atoms with E-state index < -0.39 is 0 Å². The average Bonchev–Trinajstić information content (AvgIpc) is 2.68. The molecule has 1 aliphatic carbocycles. The summed E-state index contributed by atoms with van der Waals surface area (Å²) < 4.78 is 2.09. The Morgan fingerprint density at radius 2 is 2.05 bits per heavy atom. The summed E-state index contributed by atoms with van der Waals surface area (Å²) >= 11 is 0. The van der Waals surface area contributed by atoms with Crippen molar-refractivity contribution >= 4 is 17.1 Å². The Balaban J connectivity index is 1.86. The van der Waals surface area contributed by atoms with Crippen LogP contribution in [0.15, 0.2) is 12.3 Å². The van der Waals surface area contributed by atoms with Crippen molar-refractivity contribution in [3.63, 3.8) is 0 Å². The summed E-state index contributed by atoms with van der Waals surface area (Å²) in [4.78, 5) is 8.94. The molecule has 0 atom stereocenters. The second-order valence-electron chi connectivity index (χ2n) is 6.06. The summed E-state index contributed by atoms with van der Waals surface area (Å²) in [7, 11) is 0. The van der Waals surface area contributed by atoms with Crippen molar-refractivity contribution < 1.29 is 0 Å². The molecule has 1 fully saturated rings. The van der Waals surface area contributed by atoms with Gasteiger partial charge in [0, 0.05) is 12.7 Å². The van der Waals surface area contributed by atoms with Crippen molar-refractivity contribution in [1.29, 1.82) is 0 Å². The van der Waals surface area contributed by atoms with Gasteiger partial charge in [0.05, 0.1) is 0 Å². The highest BCUT2D eigenvalue weighted by atomic mass is 15.2. The molecule has 0 unspecified atom stereocenters. The normalized spacial score (nSPS) is 23.9. The Kier molecular flexibility index (Phi) is 3.17. The molecule has 2 aromatic rings. The lowest BCUT2D eigenvalue weighted by Gasteiger charge is -2.26. The van der Waals surface area contributed by atoms with E-state index in [9.17, 15) is 0 Å².